The Kier molecular flexibility index (Phi) is 3.41. The largest absolute Gasteiger partial charge is 0.483 e. The molecule has 0 spiro atoms. The topological polar surface area (TPSA) is 97.1 Å². The second-order valence-corrected chi connectivity index (χ2v) is 4.35. The van der Waals surface area contributed by atoms with Crippen LogP contribution in [0.2, 0.25) is 0 Å². The highest BCUT2D eigenvalue weighted by atomic mass is 16.5. The number of nitrogens with two attached hydrogens (primary N) is 1. The summed E-state index contributed by atoms with van der Waals surface area (Å²) in [7, 11) is 0. The van der Waals surface area contributed by atoms with Crippen molar-refractivity contribution in [2.24, 2.45) is 5.84 Å². The molecule has 2 aromatic heterocycles. The third kappa shape index (κ3) is 2.50. The number of hydrazine groups is 1. The smallest absolute Gasteiger partial charge is 0.246 e. The molecule has 0 saturated carbocycles. The summed E-state index contributed by atoms with van der Waals surface area (Å²) in [6.07, 6.45) is 1.66. The van der Waals surface area contributed by atoms with Gasteiger partial charge in [0.2, 0.25) is 5.76 Å². The maximum atomic E-state index is 9.13. The first-order chi connectivity index (χ1) is 10.3. The van der Waals surface area contributed by atoms with Gasteiger partial charge in [-0.05, 0) is 18.2 Å². The molecule has 1 aromatic carbocycles. The fraction of sp³-hybridized carbons (Fsp3) is 0.0667. The lowest BCUT2D eigenvalue weighted by Gasteiger charge is -2.05. The Bertz CT molecular complexity index is 803. The van der Waals surface area contributed by atoms with Gasteiger partial charge in [-0.2, -0.15) is 5.26 Å². The summed E-state index contributed by atoms with van der Waals surface area (Å²) in [5.41, 5.74) is 3.95. The Labute approximate surface area is 120 Å². The highest BCUT2D eigenvalue weighted by molar-refractivity contribution is 5.86. The highest BCUT2D eigenvalue weighted by Gasteiger charge is 2.15. The van der Waals surface area contributed by atoms with Crippen LogP contribution in [0.25, 0.3) is 11.0 Å². The van der Waals surface area contributed by atoms with E-state index in [1.165, 1.54) is 0 Å². The Hall–Kier alpha value is -3.04. The van der Waals surface area contributed by atoms with Gasteiger partial charge in [-0.3, -0.25) is 0 Å². The van der Waals surface area contributed by atoms with Gasteiger partial charge in [-0.15, -0.1) is 0 Å². The van der Waals surface area contributed by atoms with E-state index >= 15 is 0 Å². The van der Waals surface area contributed by atoms with Crippen LogP contribution in [-0.4, -0.2) is 4.98 Å². The molecule has 3 aromatic rings. The van der Waals surface area contributed by atoms with Crippen LogP contribution < -0.4 is 16.0 Å². The lowest BCUT2D eigenvalue weighted by atomic mass is 10.2. The minimum Gasteiger partial charge on any atom is -0.483 e. The molecule has 3 N–H and O–H groups in total. The summed E-state index contributed by atoms with van der Waals surface area (Å²) >= 11 is 0. The number of benzene rings is 1. The van der Waals surface area contributed by atoms with E-state index in [0.717, 1.165) is 10.9 Å². The lowest BCUT2D eigenvalue weighted by molar-refractivity contribution is 0.303. The Morgan fingerprint density at radius 2 is 2.14 bits per heavy atom. The van der Waals surface area contributed by atoms with Crippen molar-refractivity contribution >= 4 is 16.8 Å². The molecular formula is C15H12N4O2. The second-order valence-electron chi connectivity index (χ2n) is 4.35. The summed E-state index contributed by atoms with van der Waals surface area (Å²) < 4.78 is 11.2. The number of hydrogen-bond donors (Lipinski definition) is 2. The first-order valence-corrected chi connectivity index (χ1v) is 6.28. The minimum absolute atomic E-state index is 0.171. The van der Waals surface area contributed by atoms with Crippen LogP contribution in [-0.2, 0) is 6.61 Å². The van der Waals surface area contributed by atoms with Crippen LogP contribution in [0.15, 0.2) is 47.0 Å². The average molecular weight is 280 g/mol. The minimum atomic E-state index is 0.171. The van der Waals surface area contributed by atoms with Crippen LogP contribution >= 0.6 is 0 Å². The average Bonchev–Trinajstić information content (AvgIpc) is 2.91. The van der Waals surface area contributed by atoms with Gasteiger partial charge in [0, 0.05) is 11.8 Å². The van der Waals surface area contributed by atoms with Gasteiger partial charge in [0.15, 0.2) is 5.75 Å². The zero-order valence-corrected chi connectivity index (χ0v) is 11.0. The van der Waals surface area contributed by atoms with E-state index in [4.69, 9.17) is 20.3 Å². The standard InChI is InChI=1S/C15H12N4O2/c16-7-13-15(11-3-1-2-4-12(11)21-13)20-9-10-5-6-14(19-17)18-8-10/h1-6,8H,9,17H2,(H,18,19). The number of nitrogen functional groups attached to an aromatic ring is 1. The fourth-order valence-corrected chi connectivity index (χ4v) is 1.99. The van der Waals surface area contributed by atoms with Crippen LogP contribution in [0.5, 0.6) is 5.75 Å². The van der Waals surface area contributed by atoms with Gasteiger partial charge in [0.1, 0.15) is 24.1 Å². The molecule has 0 amide bonds. The Morgan fingerprint density at radius 1 is 1.29 bits per heavy atom. The molecule has 2 heterocycles. The number of nitrogens with one attached hydrogen (secondary N) is 1. The van der Waals surface area contributed by atoms with Crippen LogP contribution in [0.4, 0.5) is 5.82 Å². The number of nitrogens with zero attached hydrogens (tertiary/aromatic N) is 2. The molecule has 3 rings (SSSR count). The maximum Gasteiger partial charge on any atom is 0.246 e. The van der Waals surface area contributed by atoms with Gasteiger partial charge < -0.3 is 14.6 Å². The van der Waals surface area contributed by atoms with Crippen molar-refractivity contribution in [1.82, 2.24) is 4.98 Å². The molecule has 0 fully saturated rings. The molecule has 0 aliphatic heterocycles. The van der Waals surface area contributed by atoms with Crippen molar-refractivity contribution in [3.63, 3.8) is 0 Å². The normalized spacial score (nSPS) is 10.3. The summed E-state index contributed by atoms with van der Waals surface area (Å²) in [6, 6.07) is 13.0. The molecule has 104 valence electrons. The molecule has 0 radical (unpaired) electrons. The summed E-state index contributed by atoms with van der Waals surface area (Å²) in [6.45, 7) is 0.288. The van der Waals surface area contributed by atoms with E-state index in [2.05, 4.69) is 10.4 Å². The quantitative estimate of drug-likeness (QED) is 0.563. The van der Waals surface area contributed by atoms with E-state index in [1.54, 1.807) is 18.3 Å². The number of nitriles is 1. The predicted molar refractivity (Wildman–Crippen MR) is 77.3 cm³/mol. The van der Waals surface area contributed by atoms with Crippen molar-refractivity contribution in [1.29, 1.82) is 5.26 Å². The van der Waals surface area contributed by atoms with Crippen LogP contribution in [0.3, 0.4) is 0 Å². The Morgan fingerprint density at radius 3 is 2.86 bits per heavy atom. The summed E-state index contributed by atoms with van der Waals surface area (Å²) in [5.74, 6) is 6.46. The van der Waals surface area contributed by atoms with Crippen molar-refractivity contribution < 1.29 is 9.15 Å². The van der Waals surface area contributed by atoms with Crippen LogP contribution in [0.1, 0.15) is 11.3 Å². The molecule has 0 unspecified atom stereocenters. The molecule has 0 aliphatic carbocycles. The van der Waals surface area contributed by atoms with Gasteiger partial charge in [0.05, 0.1) is 5.39 Å². The molecule has 0 saturated heterocycles. The number of ether oxygens (including phenoxy) is 1. The lowest BCUT2D eigenvalue weighted by Crippen LogP contribution is -2.08. The monoisotopic (exact) mass is 280 g/mol. The maximum absolute atomic E-state index is 9.13. The number of furan rings is 1. The SMILES string of the molecule is N#Cc1oc2ccccc2c1OCc1ccc(NN)nc1. The van der Waals surface area contributed by atoms with Gasteiger partial charge in [0.25, 0.3) is 0 Å². The molecule has 6 heteroatoms. The molecule has 0 atom stereocenters. The fourth-order valence-electron chi connectivity index (χ4n) is 1.99. The molecule has 21 heavy (non-hydrogen) atoms. The number of para-hydroxylation sites is 1. The number of rotatable bonds is 4. The number of anilines is 1. The molecule has 0 bridgehead atoms. The number of aromatic nitrogens is 1. The first kappa shape index (κ1) is 13.0. The molecule has 6 nitrogen and oxygen atoms in total. The summed E-state index contributed by atoms with van der Waals surface area (Å²) in [5, 5.41) is 9.91. The zero-order valence-electron chi connectivity index (χ0n) is 11.0. The number of pyridine rings is 1. The van der Waals surface area contributed by atoms with Gasteiger partial charge >= 0.3 is 0 Å². The number of hydrogen-bond acceptors (Lipinski definition) is 6. The predicted octanol–water partition coefficient (Wildman–Crippen LogP) is 2.56. The highest BCUT2D eigenvalue weighted by Crippen LogP contribution is 2.32. The molecule has 0 aliphatic rings. The van der Waals surface area contributed by atoms with Crippen molar-refractivity contribution in [3.8, 4) is 11.8 Å². The van der Waals surface area contributed by atoms with E-state index in [0.29, 0.717) is 17.2 Å². The zero-order chi connectivity index (χ0) is 14.7. The van der Waals surface area contributed by atoms with Crippen molar-refractivity contribution in [2.75, 3.05) is 5.43 Å². The van der Waals surface area contributed by atoms with E-state index < -0.39 is 0 Å². The third-order valence-electron chi connectivity index (χ3n) is 3.01. The van der Waals surface area contributed by atoms with E-state index in [-0.39, 0.29) is 12.4 Å². The van der Waals surface area contributed by atoms with Gasteiger partial charge in [-0.25, -0.2) is 10.8 Å². The van der Waals surface area contributed by atoms with Crippen molar-refractivity contribution in [2.45, 2.75) is 6.61 Å². The first-order valence-electron chi connectivity index (χ1n) is 6.28. The third-order valence-corrected chi connectivity index (χ3v) is 3.01. The molecular weight excluding hydrogens is 268 g/mol. The summed E-state index contributed by atoms with van der Waals surface area (Å²) in [4.78, 5) is 4.10. The van der Waals surface area contributed by atoms with E-state index in [9.17, 15) is 0 Å². The second kappa shape index (κ2) is 5.53. The van der Waals surface area contributed by atoms with Gasteiger partial charge in [-0.1, -0.05) is 18.2 Å². The van der Waals surface area contributed by atoms with Crippen LogP contribution in [0, 0.1) is 11.3 Å². The van der Waals surface area contributed by atoms with Crippen molar-refractivity contribution in [3.05, 3.63) is 53.9 Å². The number of fused-ring (bicyclic) bond motifs is 1. The Balaban J connectivity index is 1.85. The van der Waals surface area contributed by atoms with E-state index in [1.807, 2.05) is 30.3 Å².